The quantitative estimate of drug-likeness (QED) is 0.438. The molecule has 0 aliphatic carbocycles. The van der Waals surface area contributed by atoms with Crippen LogP contribution in [0, 0.1) is 6.92 Å². The van der Waals surface area contributed by atoms with Crippen molar-refractivity contribution in [2.75, 3.05) is 5.43 Å². The largest absolute Gasteiger partial charge is 0.253 e. The van der Waals surface area contributed by atoms with E-state index in [4.69, 9.17) is 11.6 Å². The highest BCUT2D eigenvalue weighted by molar-refractivity contribution is 8.93. The number of hydrogen-bond acceptors (Lipinski definition) is 4. The molecule has 1 aromatic heterocycles. The number of hydrogen-bond donors (Lipinski definition) is 1. The highest BCUT2D eigenvalue weighted by atomic mass is 79.9. The molecule has 3 nitrogen and oxygen atoms in total. The number of nitrogens with zero attached hydrogens (tertiary/aromatic N) is 2. The molecular weight excluding hydrogens is 394 g/mol. The van der Waals surface area contributed by atoms with E-state index in [9.17, 15) is 0 Å². The predicted octanol–water partition coefficient (Wildman–Crippen LogP) is 5.80. The van der Waals surface area contributed by atoms with Crippen LogP contribution in [0.4, 0.5) is 5.13 Å². The number of hydrazone groups is 1. The Labute approximate surface area is 154 Å². The van der Waals surface area contributed by atoms with Gasteiger partial charge in [-0.3, -0.25) is 5.43 Å². The van der Waals surface area contributed by atoms with Crippen LogP contribution in [-0.2, 0) is 0 Å². The van der Waals surface area contributed by atoms with E-state index in [0.29, 0.717) is 0 Å². The van der Waals surface area contributed by atoms with Gasteiger partial charge in [-0.05, 0) is 24.6 Å². The second-order valence-electron chi connectivity index (χ2n) is 4.71. The summed E-state index contributed by atoms with van der Waals surface area (Å²) in [5.74, 6) is 0. The molecule has 0 fully saturated rings. The fourth-order valence-electron chi connectivity index (χ4n) is 2.02. The second kappa shape index (κ2) is 8.24. The van der Waals surface area contributed by atoms with Crippen molar-refractivity contribution in [3.8, 4) is 11.3 Å². The summed E-state index contributed by atoms with van der Waals surface area (Å²) in [6.07, 6.45) is 1.78. The number of benzene rings is 2. The summed E-state index contributed by atoms with van der Waals surface area (Å²) >= 11 is 7.50. The first-order valence-electron chi connectivity index (χ1n) is 6.80. The maximum Gasteiger partial charge on any atom is 0.204 e. The molecule has 23 heavy (non-hydrogen) atoms. The Morgan fingerprint density at radius 1 is 1.09 bits per heavy atom. The fraction of sp³-hybridized carbons (Fsp3) is 0.0588. The van der Waals surface area contributed by atoms with E-state index in [1.54, 1.807) is 17.6 Å². The van der Waals surface area contributed by atoms with E-state index in [1.165, 1.54) is 0 Å². The molecule has 3 aromatic rings. The summed E-state index contributed by atoms with van der Waals surface area (Å²) in [6, 6.07) is 17.6. The lowest BCUT2D eigenvalue weighted by Gasteiger charge is -1.98. The molecule has 0 unspecified atom stereocenters. The molecule has 0 atom stereocenters. The number of thiazole rings is 1. The van der Waals surface area contributed by atoms with Crippen molar-refractivity contribution in [1.29, 1.82) is 0 Å². The summed E-state index contributed by atoms with van der Waals surface area (Å²) in [4.78, 5) is 5.73. The van der Waals surface area contributed by atoms with E-state index in [0.717, 1.165) is 31.9 Å². The Balaban J connectivity index is 0.00000192. The normalized spacial score (nSPS) is 10.5. The molecule has 2 aromatic carbocycles. The lowest BCUT2D eigenvalue weighted by atomic mass is 10.1. The minimum atomic E-state index is 0. The zero-order valence-corrected chi connectivity index (χ0v) is 15.6. The summed E-state index contributed by atoms with van der Waals surface area (Å²) in [5, 5.41) is 5.72. The molecule has 1 heterocycles. The minimum Gasteiger partial charge on any atom is -0.253 e. The van der Waals surface area contributed by atoms with Crippen molar-refractivity contribution in [3.05, 3.63) is 70.1 Å². The van der Waals surface area contributed by atoms with Gasteiger partial charge in [0.25, 0.3) is 0 Å². The Morgan fingerprint density at radius 2 is 1.78 bits per heavy atom. The Morgan fingerprint density at radius 3 is 2.48 bits per heavy atom. The lowest BCUT2D eigenvalue weighted by molar-refractivity contribution is 1.28. The number of halogens is 2. The van der Waals surface area contributed by atoms with Crippen molar-refractivity contribution in [3.63, 3.8) is 0 Å². The Bertz CT molecular complexity index is 785. The van der Waals surface area contributed by atoms with Crippen molar-refractivity contribution >= 4 is 51.3 Å². The van der Waals surface area contributed by atoms with E-state index in [-0.39, 0.29) is 17.0 Å². The van der Waals surface area contributed by atoms with E-state index < -0.39 is 0 Å². The van der Waals surface area contributed by atoms with Gasteiger partial charge in [0.15, 0.2) is 0 Å². The average molecular weight is 409 g/mol. The van der Waals surface area contributed by atoms with Gasteiger partial charge in [0, 0.05) is 15.5 Å². The number of aromatic nitrogens is 1. The van der Waals surface area contributed by atoms with Crippen molar-refractivity contribution < 1.29 is 0 Å². The standard InChI is InChI=1S/C17H14ClN3S.BrH/c1-12-16(14-7-9-15(18)10-8-14)20-17(22-12)21-19-11-13-5-3-2-4-6-13;/h2-11H,1H3,(H,20,21);1H/b19-11+;. The summed E-state index contributed by atoms with van der Waals surface area (Å²) in [7, 11) is 0. The SMILES string of the molecule is Br.Cc1sc(N/N=C/c2ccccc2)nc1-c1ccc(Cl)cc1. The van der Waals surface area contributed by atoms with Gasteiger partial charge in [-0.2, -0.15) is 5.10 Å². The van der Waals surface area contributed by atoms with Crippen molar-refractivity contribution in [2.45, 2.75) is 6.92 Å². The predicted molar refractivity (Wildman–Crippen MR) is 105 cm³/mol. The first-order valence-corrected chi connectivity index (χ1v) is 7.99. The van der Waals surface area contributed by atoms with E-state index >= 15 is 0 Å². The maximum absolute atomic E-state index is 5.92. The molecule has 0 aliphatic heterocycles. The monoisotopic (exact) mass is 407 g/mol. The van der Waals surface area contributed by atoms with Crippen LogP contribution in [0.1, 0.15) is 10.4 Å². The zero-order chi connectivity index (χ0) is 15.4. The van der Waals surface area contributed by atoms with Gasteiger partial charge in [0.05, 0.1) is 11.9 Å². The van der Waals surface area contributed by atoms with Crippen LogP contribution in [0.2, 0.25) is 5.02 Å². The molecule has 0 aliphatic rings. The first-order chi connectivity index (χ1) is 10.7. The molecule has 3 rings (SSSR count). The molecule has 0 spiro atoms. The molecule has 6 heteroatoms. The number of anilines is 1. The fourth-order valence-corrected chi connectivity index (χ4v) is 2.93. The number of nitrogens with one attached hydrogen (secondary N) is 1. The average Bonchev–Trinajstić information content (AvgIpc) is 2.90. The molecule has 1 N–H and O–H groups in total. The molecule has 0 bridgehead atoms. The van der Waals surface area contributed by atoms with Gasteiger partial charge in [0.1, 0.15) is 0 Å². The summed E-state index contributed by atoms with van der Waals surface area (Å²) in [6.45, 7) is 2.05. The summed E-state index contributed by atoms with van der Waals surface area (Å²) in [5.41, 5.74) is 6.04. The Kier molecular flexibility index (Phi) is 6.33. The van der Waals surface area contributed by atoms with Gasteiger partial charge in [0.2, 0.25) is 5.13 Å². The van der Waals surface area contributed by atoms with Crippen LogP contribution in [0.25, 0.3) is 11.3 Å². The third kappa shape index (κ3) is 4.64. The summed E-state index contributed by atoms with van der Waals surface area (Å²) < 4.78 is 0. The molecule has 0 saturated carbocycles. The molecule has 0 amide bonds. The van der Waals surface area contributed by atoms with Gasteiger partial charge in [-0.25, -0.2) is 4.98 Å². The molecule has 0 saturated heterocycles. The molecular formula is C17H15BrClN3S. The number of aryl methyl sites for hydroxylation is 1. The van der Waals surface area contributed by atoms with Crippen LogP contribution < -0.4 is 5.43 Å². The van der Waals surface area contributed by atoms with Gasteiger partial charge < -0.3 is 0 Å². The van der Waals surface area contributed by atoms with Crippen LogP contribution >= 0.6 is 39.9 Å². The van der Waals surface area contributed by atoms with Crippen LogP contribution in [0.5, 0.6) is 0 Å². The number of rotatable bonds is 4. The van der Waals surface area contributed by atoms with E-state index in [1.807, 2.05) is 61.5 Å². The molecule has 0 radical (unpaired) electrons. The maximum atomic E-state index is 5.92. The highest BCUT2D eigenvalue weighted by Gasteiger charge is 2.09. The lowest BCUT2D eigenvalue weighted by Crippen LogP contribution is -1.89. The first kappa shape index (κ1) is 17.7. The van der Waals surface area contributed by atoms with Crippen LogP contribution in [0.15, 0.2) is 59.7 Å². The van der Waals surface area contributed by atoms with E-state index in [2.05, 4.69) is 15.5 Å². The molecule has 118 valence electrons. The smallest absolute Gasteiger partial charge is 0.204 e. The third-order valence-corrected chi connectivity index (χ3v) is 4.22. The zero-order valence-electron chi connectivity index (χ0n) is 12.4. The van der Waals surface area contributed by atoms with Gasteiger partial charge in [-0.15, -0.1) is 28.3 Å². The Hall–Kier alpha value is -1.69. The van der Waals surface area contributed by atoms with Crippen molar-refractivity contribution in [1.82, 2.24) is 4.98 Å². The highest BCUT2D eigenvalue weighted by Crippen LogP contribution is 2.30. The third-order valence-electron chi connectivity index (χ3n) is 3.09. The topological polar surface area (TPSA) is 37.3 Å². The second-order valence-corrected chi connectivity index (χ2v) is 6.35. The van der Waals surface area contributed by atoms with Crippen LogP contribution in [-0.4, -0.2) is 11.2 Å². The van der Waals surface area contributed by atoms with Crippen LogP contribution in [0.3, 0.4) is 0 Å². The minimum absolute atomic E-state index is 0. The van der Waals surface area contributed by atoms with Gasteiger partial charge in [-0.1, -0.05) is 54.1 Å². The van der Waals surface area contributed by atoms with Gasteiger partial charge >= 0.3 is 0 Å². The van der Waals surface area contributed by atoms with Crippen molar-refractivity contribution in [2.24, 2.45) is 5.10 Å².